The number of nitrogen functional groups attached to an aromatic ring is 1. The zero-order chi connectivity index (χ0) is 21.2. The summed E-state index contributed by atoms with van der Waals surface area (Å²) in [5, 5.41) is 7.73. The van der Waals surface area contributed by atoms with Gasteiger partial charge in [-0.05, 0) is 54.7 Å². The SMILES string of the molecule is Nc1n[nH]c2ccc(-c3cc(-c4cccc(OCC5CCCCC5)c4)nc(=O)[nH]3)cc12. The monoisotopic (exact) mass is 415 g/mol. The van der Waals surface area contributed by atoms with Gasteiger partial charge in [-0.25, -0.2) is 4.79 Å². The summed E-state index contributed by atoms with van der Waals surface area (Å²) >= 11 is 0. The Morgan fingerprint density at radius 1 is 1.03 bits per heavy atom. The highest BCUT2D eigenvalue weighted by Gasteiger charge is 2.14. The Labute approximate surface area is 179 Å². The van der Waals surface area contributed by atoms with E-state index in [0.717, 1.165) is 34.4 Å². The van der Waals surface area contributed by atoms with E-state index >= 15 is 0 Å². The van der Waals surface area contributed by atoms with E-state index in [1.807, 2.05) is 48.5 Å². The van der Waals surface area contributed by atoms with Crippen molar-refractivity contribution in [2.75, 3.05) is 12.3 Å². The molecule has 0 radical (unpaired) electrons. The number of nitrogens with two attached hydrogens (primary N) is 1. The summed E-state index contributed by atoms with van der Waals surface area (Å²) in [6.45, 7) is 0.740. The largest absolute Gasteiger partial charge is 0.493 e. The molecule has 0 aliphatic heterocycles. The van der Waals surface area contributed by atoms with Gasteiger partial charge >= 0.3 is 5.69 Å². The Morgan fingerprint density at radius 3 is 2.77 bits per heavy atom. The van der Waals surface area contributed by atoms with E-state index in [-0.39, 0.29) is 0 Å². The number of anilines is 1. The number of aromatic amines is 2. The van der Waals surface area contributed by atoms with Gasteiger partial charge in [0, 0.05) is 10.9 Å². The third-order valence-electron chi connectivity index (χ3n) is 5.99. The molecule has 0 saturated heterocycles. The number of nitrogens with one attached hydrogen (secondary N) is 2. The second-order valence-corrected chi connectivity index (χ2v) is 8.20. The van der Waals surface area contributed by atoms with E-state index in [2.05, 4.69) is 20.2 Å². The van der Waals surface area contributed by atoms with Gasteiger partial charge in [-0.3, -0.25) is 5.10 Å². The Hall–Kier alpha value is -3.61. The van der Waals surface area contributed by atoms with Crippen LogP contribution >= 0.6 is 0 Å². The molecule has 2 aromatic heterocycles. The van der Waals surface area contributed by atoms with Crippen molar-refractivity contribution < 1.29 is 4.74 Å². The summed E-state index contributed by atoms with van der Waals surface area (Å²) in [5.74, 6) is 1.86. The van der Waals surface area contributed by atoms with Crippen LogP contribution in [0.3, 0.4) is 0 Å². The number of aromatic nitrogens is 4. The summed E-state index contributed by atoms with van der Waals surface area (Å²) in [7, 11) is 0. The van der Waals surface area contributed by atoms with Crippen LogP contribution in [0.4, 0.5) is 5.82 Å². The lowest BCUT2D eigenvalue weighted by molar-refractivity contribution is 0.209. The first kappa shape index (κ1) is 19.4. The van der Waals surface area contributed by atoms with Gasteiger partial charge in [0.25, 0.3) is 0 Å². The molecule has 4 N–H and O–H groups in total. The van der Waals surface area contributed by atoms with Crippen LogP contribution in [0.25, 0.3) is 33.4 Å². The maximum Gasteiger partial charge on any atom is 0.345 e. The van der Waals surface area contributed by atoms with Crippen molar-refractivity contribution in [3.63, 3.8) is 0 Å². The molecule has 4 aromatic rings. The average Bonchev–Trinajstić information content (AvgIpc) is 3.18. The fraction of sp³-hybridized carbons (Fsp3) is 0.292. The summed E-state index contributed by atoms with van der Waals surface area (Å²) < 4.78 is 6.07. The lowest BCUT2D eigenvalue weighted by atomic mass is 9.90. The van der Waals surface area contributed by atoms with Crippen LogP contribution in [0.2, 0.25) is 0 Å². The highest BCUT2D eigenvalue weighted by Crippen LogP contribution is 2.29. The van der Waals surface area contributed by atoms with Crippen LogP contribution in [0, 0.1) is 5.92 Å². The van der Waals surface area contributed by atoms with E-state index in [4.69, 9.17) is 10.5 Å². The number of rotatable bonds is 5. The van der Waals surface area contributed by atoms with Crippen LogP contribution in [-0.2, 0) is 0 Å². The minimum atomic E-state index is -0.402. The molecule has 0 unspecified atom stereocenters. The van der Waals surface area contributed by atoms with Crippen molar-refractivity contribution in [1.29, 1.82) is 0 Å². The van der Waals surface area contributed by atoms with Gasteiger partial charge in [0.05, 0.1) is 23.5 Å². The van der Waals surface area contributed by atoms with E-state index in [0.29, 0.717) is 23.1 Å². The van der Waals surface area contributed by atoms with Crippen molar-refractivity contribution in [3.8, 4) is 28.3 Å². The molecule has 0 atom stereocenters. The van der Waals surface area contributed by atoms with E-state index < -0.39 is 5.69 Å². The van der Waals surface area contributed by atoms with Gasteiger partial charge in [0.2, 0.25) is 0 Å². The lowest BCUT2D eigenvalue weighted by Gasteiger charge is -2.21. The third-order valence-corrected chi connectivity index (χ3v) is 5.99. The smallest absolute Gasteiger partial charge is 0.345 e. The molecule has 1 aliphatic rings. The van der Waals surface area contributed by atoms with Gasteiger partial charge in [-0.15, -0.1) is 0 Å². The number of hydrogen-bond donors (Lipinski definition) is 3. The number of benzene rings is 2. The van der Waals surface area contributed by atoms with Crippen LogP contribution in [0.5, 0.6) is 5.75 Å². The van der Waals surface area contributed by atoms with Gasteiger partial charge < -0.3 is 15.5 Å². The Bertz CT molecular complexity index is 1270. The quantitative estimate of drug-likeness (QED) is 0.444. The molecular formula is C24H25N5O2. The molecule has 2 aromatic carbocycles. The molecule has 1 saturated carbocycles. The second kappa shape index (κ2) is 8.26. The topological polar surface area (TPSA) is 110 Å². The van der Waals surface area contributed by atoms with Gasteiger partial charge in [0.15, 0.2) is 5.82 Å². The number of ether oxygens (including phenoxy) is 1. The standard InChI is InChI=1S/C24H25N5O2/c25-23-19-12-17(9-10-20(19)28-29-23)22-13-21(26-24(30)27-22)16-7-4-8-18(11-16)31-14-15-5-2-1-3-6-15/h4,7-13,15H,1-3,5-6,14H2,(H3,25,28,29)(H,26,27,30). The minimum Gasteiger partial charge on any atom is -0.493 e. The number of hydrogen-bond acceptors (Lipinski definition) is 5. The first-order valence-corrected chi connectivity index (χ1v) is 10.7. The minimum absolute atomic E-state index is 0.402. The molecule has 31 heavy (non-hydrogen) atoms. The number of fused-ring (bicyclic) bond motifs is 1. The molecule has 0 bridgehead atoms. The molecular weight excluding hydrogens is 390 g/mol. The van der Waals surface area contributed by atoms with Crippen LogP contribution in [-0.4, -0.2) is 26.8 Å². The Kier molecular flexibility index (Phi) is 5.16. The molecule has 158 valence electrons. The van der Waals surface area contributed by atoms with Crippen molar-refractivity contribution in [3.05, 3.63) is 59.0 Å². The van der Waals surface area contributed by atoms with Gasteiger partial charge in [-0.2, -0.15) is 10.1 Å². The average molecular weight is 415 g/mol. The van der Waals surface area contributed by atoms with Crippen LogP contribution in [0.15, 0.2) is 53.3 Å². The van der Waals surface area contributed by atoms with Crippen molar-refractivity contribution >= 4 is 16.7 Å². The van der Waals surface area contributed by atoms with E-state index in [9.17, 15) is 4.79 Å². The van der Waals surface area contributed by atoms with E-state index in [1.165, 1.54) is 32.1 Å². The molecule has 7 heteroatoms. The normalized spacial score (nSPS) is 14.7. The summed E-state index contributed by atoms with van der Waals surface area (Å²) in [4.78, 5) is 19.3. The molecule has 1 fully saturated rings. The zero-order valence-electron chi connectivity index (χ0n) is 17.2. The first-order valence-electron chi connectivity index (χ1n) is 10.7. The van der Waals surface area contributed by atoms with Crippen LogP contribution < -0.4 is 16.2 Å². The lowest BCUT2D eigenvalue weighted by Crippen LogP contribution is -2.15. The zero-order valence-corrected chi connectivity index (χ0v) is 17.2. The maximum atomic E-state index is 12.3. The molecule has 0 spiro atoms. The van der Waals surface area contributed by atoms with Gasteiger partial charge in [0.1, 0.15) is 5.75 Å². The fourth-order valence-corrected chi connectivity index (χ4v) is 4.28. The summed E-state index contributed by atoms with van der Waals surface area (Å²) in [6.07, 6.45) is 6.41. The number of nitrogens with zero attached hydrogens (tertiary/aromatic N) is 2. The summed E-state index contributed by atoms with van der Waals surface area (Å²) in [6, 6.07) is 15.4. The predicted molar refractivity (Wildman–Crippen MR) is 122 cm³/mol. The number of H-pyrrole nitrogens is 2. The van der Waals surface area contributed by atoms with Crippen molar-refractivity contribution in [1.82, 2.24) is 20.2 Å². The van der Waals surface area contributed by atoms with E-state index in [1.54, 1.807) is 0 Å². The van der Waals surface area contributed by atoms with Gasteiger partial charge in [-0.1, -0.05) is 37.5 Å². The first-order chi connectivity index (χ1) is 15.2. The van der Waals surface area contributed by atoms with Crippen LogP contribution in [0.1, 0.15) is 32.1 Å². The highest BCUT2D eigenvalue weighted by molar-refractivity contribution is 5.92. The fourth-order valence-electron chi connectivity index (χ4n) is 4.28. The summed E-state index contributed by atoms with van der Waals surface area (Å²) in [5.41, 5.74) is 9.33. The van der Waals surface area contributed by atoms with Crippen molar-refractivity contribution in [2.45, 2.75) is 32.1 Å². The molecule has 1 aliphatic carbocycles. The highest BCUT2D eigenvalue weighted by atomic mass is 16.5. The predicted octanol–water partition coefficient (Wildman–Crippen LogP) is 4.52. The third kappa shape index (κ3) is 4.17. The second-order valence-electron chi connectivity index (χ2n) is 8.20. The Balaban J connectivity index is 1.43. The molecule has 5 rings (SSSR count). The molecule has 2 heterocycles. The Morgan fingerprint density at radius 2 is 1.90 bits per heavy atom. The molecule has 0 amide bonds. The molecule has 7 nitrogen and oxygen atoms in total. The van der Waals surface area contributed by atoms with Crippen molar-refractivity contribution in [2.24, 2.45) is 5.92 Å². The maximum absolute atomic E-state index is 12.3.